The third-order valence-electron chi connectivity index (χ3n) is 5.06. The highest BCUT2D eigenvalue weighted by Gasteiger charge is 2.56. The van der Waals surface area contributed by atoms with Gasteiger partial charge in [-0.1, -0.05) is 0 Å². The van der Waals surface area contributed by atoms with E-state index in [0.717, 1.165) is 18.2 Å². The lowest BCUT2D eigenvalue weighted by Gasteiger charge is -2.31. The van der Waals surface area contributed by atoms with Crippen LogP contribution in [0.3, 0.4) is 0 Å². The van der Waals surface area contributed by atoms with Crippen molar-refractivity contribution in [1.29, 1.82) is 0 Å². The maximum atomic E-state index is 14.2. The average molecular weight is 494 g/mol. The molecule has 0 aliphatic heterocycles. The van der Waals surface area contributed by atoms with Crippen LogP contribution in [0.5, 0.6) is 5.75 Å². The second kappa shape index (κ2) is 10.1. The van der Waals surface area contributed by atoms with Crippen molar-refractivity contribution in [2.24, 2.45) is 5.73 Å². The number of H-pyrrole nitrogens is 1. The van der Waals surface area contributed by atoms with Crippen LogP contribution in [0.25, 0.3) is 11.3 Å². The van der Waals surface area contributed by atoms with Crippen LogP contribution in [0.1, 0.15) is 28.7 Å². The van der Waals surface area contributed by atoms with Crippen LogP contribution in [-0.2, 0) is 16.8 Å². The summed E-state index contributed by atoms with van der Waals surface area (Å²) in [7, 11) is 0. The van der Waals surface area contributed by atoms with Gasteiger partial charge in [-0.3, -0.25) is 9.59 Å². The van der Waals surface area contributed by atoms with Gasteiger partial charge in [-0.25, -0.2) is 9.37 Å². The Labute approximate surface area is 197 Å². The summed E-state index contributed by atoms with van der Waals surface area (Å²) in [5, 5.41) is 12.9. The number of amides is 2. The molecule has 2 amide bonds. The molecule has 8 nitrogen and oxygen atoms in total. The fourth-order valence-corrected chi connectivity index (χ4v) is 3.34. The number of rotatable bonds is 9. The largest absolute Gasteiger partial charge is 0.491 e. The molecule has 35 heavy (non-hydrogen) atoms. The predicted molar refractivity (Wildman–Crippen MR) is 117 cm³/mol. The molecule has 0 spiro atoms. The summed E-state index contributed by atoms with van der Waals surface area (Å²) in [6.07, 6.45) is -4.41. The lowest BCUT2D eigenvalue weighted by molar-refractivity contribution is -0.265. The predicted octanol–water partition coefficient (Wildman–Crippen LogP) is 2.82. The van der Waals surface area contributed by atoms with E-state index in [-0.39, 0.29) is 34.9 Å². The van der Waals surface area contributed by atoms with E-state index in [1.54, 1.807) is 6.92 Å². The molecule has 186 valence electrons. The Kier molecular flexibility index (Phi) is 7.44. The number of nitrogens with two attached hydrogens (primary N) is 1. The molecule has 0 aliphatic carbocycles. The zero-order valence-electron chi connectivity index (χ0n) is 18.4. The van der Waals surface area contributed by atoms with Crippen LogP contribution in [0, 0.1) is 5.82 Å². The van der Waals surface area contributed by atoms with Gasteiger partial charge in [0.15, 0.2) is 0 Å². The van der Waals surface area contributed by atoms with Crippen LogP contribution < -0.4 is 15.8 Å². The van der Waals surface area contributed by atoms with E-state index in [0.29, 0.717) is 0 Å². The minimum Gasteiger partial charge on any atom is -0.491 e. The molecule has 0 saturated heterocycles. The summed E-state index contributed by atoms with van der Waals surface area (Å²) in [6, 6.07) is 8.34. The third-order valence-corrected chi connectivity index (χ3v) is 5.06. The summed E-state index contributed by atoms with van der Waals surface area (Å²) >= 11 is 0. The maximum Gasteiger partial charge on any atom is 0.424 e. The third kappa shape index (κ3) is 5.60. The van der Waals surface area contributed by atoms with Crippen molar-refractivity contribution in [1.82, 2.24) is 15.3 Å². The summed E-state index contributed by atoms with van der Waals surface area (Å²) in [5.74, 6) is -2.40. The number of hydrogen-bond acceptors (Lipinski definition) is 5. The molecular weight excluding hydrogens is 472 g/mol. The second-order valence-electron chi connectivity index (χ2n) is 7.55. The number of pyridine rings is 1. The number of aromatic amines is 1. The molecule has 5 N–H and O–H groups in total. The summed E-state index contributed by atoms with van der Waals surface area (Å²) < 4.78 is 61.6. The van der Waals surface area contributed by atoms with Crippen molar-refractivity contribution < 1.29 is 37.0 Å². The number of hydrogen-bond donors (Lipinski definition) is 4. The van der Waals surface area contributed by atoms with Crippen molar-refractivity contribution in [2.75, 3.05) is 13.2 Å². The van der Waals surface area contributed by atoms with Crippen molar-refractivity contribution in [2.45, 2.75) is 25.1 Å². The lowest BCUT2D eigenvalue weighted by Crippen LogP contribution is -2.51. The van der Waals surface area contributed by atoms with Crippen LogP contribution >= 0.6 is 0 Å². The number of carbonyl (C=O) groups excluding carboxylic acids is 2. The monoisotopic (exact) mass is 494 g/mol. The topological polar surface area (TPSA) is 130 Å². The molecule has 1 aromatic carbocycles. The van der Waals surface area contributed by atoms with Gasteiger partial charge in [0, 0.05) is 17.3 Å². The van der Waals surface area contributed by atoms with E-state index in [1.165, 1.54) is 30.5 Å². The van der Waals surface area contributed by atoms with E-state index >= 15 is 0 Å². The number of alkyl halides is 3. The van der Waals surface area contributed by atoms with Gasteiger partial charge in [0.2, 0.25) is 11.5 Å². The number of aromatic nitrogens is 2. The van der Waals surface area contributed by atoms with Gasteiger partial charge in [0.25, 0.3) is 5.91 Å². The molecule has 0 saturated carbocycles. The van der Waals surface area contributed by atoms with Crippen molar-refractivity contribution in [3.8, 4) is 17.0 Å². The highest BCUT2D eigenvalue weighted by molar-refractivity contribution is 5.92. The lowest BCUT2D eigenvalue weighted by atomic mass is 9.93. The van der Waals surface area contributed by atoms with Crippen LogP contribution in [-0.4, -0.2) is 46.2 Å². The van der Waals surface area contributed by atoms with Gasteiger partial charge in [-0.2, -0.15) is 13.2 Å². The van der Waals surface area contributed by atoms with E-state index in [4.69, 9.17) is 10.5 Å². The molecule has 3 rings (SSSR count). The molecule has 2 aromatic heterocycles. The summed E-state index contributed by atoms with van der Waals surface area (Å²) in [4.78, 5) is 30.5. The summed E-state index contributed by atoms with van der Waals surface area (Å²) in [6.45, 7) is 0.392. The van der Waals surface area contributed by atoms with E-state index in [9.17, 15) is 32.3 Å². The number of carbonyl (C=O) groups is 2. The number of benzene rings is 1. The molecule has 1 atom stereocenters. The smallest absolute Gasteiger partial charge is 0.424 e. The minimum atomic E-state index is -5.29. The number of aliphatic hydroxyl groups is 1. The van der Waals surface area contributed by atoms with Crippen molar-refractivity contribution in [3.63, 3.8) is 0 Å². The Bertz CT molecular complexity index is 1200. The minimum absolute atomic E-state index is 0.0180. The van der Waals surface area contributed by atoms with Gasteiger partial charge in [0.1, 0.15) is 23.0 Å². The number of primary amides is 1. The van der Waals surface area contributed by atoms with Gasteiger partial charge in [0.05, 0.1) is 25.3 Å². The number of ether oxygens (including phenoxy) is 1. The molecule has 0 radical (unpaired) electrons. The highest BCUT2D eigenvalue weighted by atomic mass is 19.4. The quantitative estimate of drug-likeness (QED) is 0.340. The first kappa shape index (κ1) is 25.7. The fraction of sp³-hybridized carbons (Fsp3) is 0.261. The highest BCUT2D eigenvalue weighted by Crippen LogP contribution is 2.42. The van der Waals surface area contributed by atoms with Crippen LogP contribution in [0.4, 0.5) is 17.6 Å². The first-order chi connectivity index (χ1) is 16.5. The van der Waals surface area contributed by atoms with Gasteiger partial charge >= 0.3 is 6.18 Å². The Morgan fingerprint density at radius 1 is 1.20 bits per heavy atom. The molecule has 0 aliphatic rings. The van der Waals surface area contributed by atoms with E-state index < -0.39 is 48.1 Å². The van der Waals surface area contributed by atoms with Crippen LogP contribution in [0.2, 0.25) is 0 Å². The Morgan fingerprint density at radius 2 is 1.89 bits per heavy atom. The molecule has 0 bridgehead atoms. The van der Waals surface area contributed by atoms with Gasteiger partial charge in [-0.15, -0.1) is 0 Å². The molecule has 12 heteroatoms. The number of nitrogens with one attached hydrogen (secondary N) is 2. The summed E-state index contributed by atoms with van der Waals surface area (Å²) in [5.41, 5.74) is 0.643. The van der Waals surface area contributed by atoms with Crippen LogP contribution in [0.15, 0.2) is 48.7 Å². The fourth-order valence-electron chi connectivity index (χ4n) is 3.34. The zero-order valence-corrected chi connectivity index (χ0v) is 18.4. The SMILES string of the molecule is CCOc1c(CC(N)=O)cc([C@@](O)(CNC(=O)c2ccc[nH]2)C(F)(F)F)nc1-c1ccc(F)cc1. The zero-order chi connectivity index (χ0) is 25.8. The van der Waals surface area contributed by atoms with Gasteiger partial charge in [-0.05, 0) is 49.4 Å². The number of nitrogens with zero attached hydrogens (tertiary/aromatic N) is 1. The molecular formula is C23H22F4N4O4. The molecule has 0 fully saturated rings. The molecule has 2 heterocycles. The first-order valence-electron chi connectivity index (χ1n) is 10.4. The van der Waals surface area contributed by atoms with Crippen molar-refractivity contribution >= 4 is 11.8 Å². The number of halogens is 4. The van der Waals surface area contributed by atoms with Crippen molar-refractivity contribution in [3.05, 3.63) is 71.4 Å². The van der Waals surface area contributed by atoms with Gasteiger partial charge < -0.3 is 25.9 Å². The molecule has 3 aromatic rings. The standard InChI is InChI=1S/C23H22F4N4O4/c1-2-35-20-14(11-18(28)32)10-17(31-19(20)13-5-7-15(24)8-6-13)22(34,23(25,26)27)12-30-21(33)16-4-3-9-29-16/h3-10,29,34H,2,11-12H2,1H3,(H2,28,32)(H,30,33)/t22-/m0/s1. The first-order valence-corrected chi connectivity index (χ1v) is 10.4. The second-order valence-corrected chi connectivity index (χ2v) is 7.55. The Balaban J connectivity index is 2.17. The average Bonchev–Trinajstić information content (AvgIpc) is 3.33. The Morgan fingerprint density at radius 3 is 2.43 bits per heavy atom. The van der Waals surface area contributed by atoms with E-state index in [1.807, 2.05) is 5.32 Å². The maximum absolute atomic E-state index is 14.2. The Hall–Kier alpha value is -3.93. The molecule has 0 unspecified atom stereocenters. The normalized spacial score (nSPS) is 13.2. The van der Waals surface area contributed by atoms with E-state index in [2.05, 4.69) is 9.97 Å².